The zero-order chi connectivity index (χ0) is 14.1. The van der Waals surface area contributed by atoms with Crippen molar-refractivity contribution >= 4 is 10.1 Å². The van der Waals surface area contributed by atoms with Gasteiger partial charge in [-0.15, -0.1) is 0 Å². The summed E-state index contributed by atoms with van der Waals surface area (Å²) in [5.41, 5.74) is 0.467. The Morgan fingerprint density at radius 3 is 2.53 bits per heavy atom. The van der Waals surface area contributed by atoms with Gasteiger partial charge in [0.15, 0.2) is 0 Å². The zero-order valence-electron chi connectivity index (χ0n) is 11.0. The van der Waals surface area contributed by atoms with Gasteiger partial charge in [-0.1, -0.05) is 12.1 Å². The molecule has 3 rings (SSSR count). The molecule has 0 saturated carbocycles. The molecule has 1 unspecified atom stereocenters. The summed E-state index contributed by atoms with van der Waals surface area (Å²) in [6.07, 6.45) is -0.0347. The second-order valence-corrected chi connectivity index (χ2v) is 6.86. The van der Waals surface area contributed by atoms with Crippen LogP contribution in [0, 0.1) is 0 Å². The summed E-state index contributed by atoms with van der Waals surface area (Å²) in [4.78, 5) is 0.118. The predicted octanol–water partition coefficient (Wildman–Crippen LogP) is 1.10. The van der Waals surface area contributed by atoms with Crippen molar-refractivity contribution in [3.63, 3.8) is 0 Å². The van der Waals surface area contributed by atoms with Crippen LogP contribution in [0.25, 0.3) is 0 Å². The van der Waals surface area contributed by atoms with E-state index in [2.05, 4.69) is 0 Å². The van der Waals surface area contributed by atoms with Gasteiger partial charge >= 0.3 is 0 Å². The minimum atomic E-state index is -3.79. The maximum absolute atomic E-state index is 11.9. The van der Waals surface area contributed by atoms with Gasteiger partial charge < -0.3 is 9.84 Å². The highest BCUT2D eigenvalue weighted by molar-refractivity contribution is 7.86. The highest BCUT2D eigenvalue weighted by Gasteiger charge is 2.27. The quantitative estimate of drug-likeness (QED) is 0.783. The van der Waals surface area contributed by atoms with E-state index >= 15 is 0 Å². The highest BCUT2D eigenvalue weighted by Crippen LogP contribution is 2.23. The van der Waals surface area contributed by atoms with E-state index in [1.54, 1.807) is 12.1 Å². The molecule has 2 bridgehead atoms. The summed E-state index contributed by atoms with van der Waals surface area (Å²) in [6.45, 7) is 3.32. The molecule has 5 nitrogen and oxygen atoms in total. The van der Waals surface area contributed by atoms with E-state index < -0.39 is 21.8 Å². The third-order valence-corrected chi connectivity index (χ3v) is 4.24. The lowest BCUT2D eigenvalue weighted by atomic mass is 9.98. The van der Waals surface area contributed by atoms with Gasteiger partial charge in [0.05, 0.1) is 23.7 Å². The SMILES string of the molecule is CC1(C)Cc2ccc(cc2)S(=O)(=O)OCC(CO)O1. The number of benzene rings is 1. The molecular formula is C13H18O5S. The second kappa shape index (κ2) is 5.20. The van der Waals surface area contributed by atoms with Gasteiger partial charge in [0, 0.05) is 6.42 Å². The summed E-state index contributed by atoms with van der Waals surface area (Å²) in [5.74, 6) is 0. The Kier molecular flexibility index (Phi) is 3.96. The van der Waals surface area contributed by atoms with Crippen molar-refractivity contribution in [3.8, 4) is 0 Å². The van der Waals surface area contributed by atoms with E-state index in [1.807, 2.05) is 13.8 Å². The van der Waals surface area contributed by atoms with E-state index in [4.69, 9.17) is 8.92 Å². The second-order valence-electron chi connectivity index (χ2n) is 5.24. The summed E-state index contributed by atoms with van der Waals surface area (Å²) >= 11 is 0. The van der Waals surface area contributed by atoms with Crippen LogP contribution >= 0.6 is 0 Å². The van der Waals surface area contributed by atoms with Gasteiger partial charge in [-0.25, -0.2) is 0 Å². The molecule has 106 valence electrons. The summed E-state index contributed by atoms with van der Waals surface area (Å²) in [6, 6.07) is 6.56. The Labute approximate surface area is 113 Å². The number of fused-ring (bicyclic) bond motifs is 8. The smallest absolute Gasteiger partial charge is 0.297 e. The molecule has 1 aromatic rings. The van der Waals surface area contributed by atoms with Crippen molar-refractivity contribution in [2.75, 3.05) is 13.2 Å². The fraction of sp³-hybridized carbons (Fsp3) is 0.538. The van der Waals surface area contributed by atoms with Crippen molar-refractivity contribution in [1.29, 1.82) is 0 Å². The third-order valence-electron chi connectivity index (χ3n) is 2.94. The Morgan fingerprint density at radius 1 is 1.32 bits per heavy atom. The molecule has 0 radical (unpaired) electrons. The molecular weight excluding hydrogens is 268 g/mol. The first kappa shape index (κ1) is 14.5. The molecule has 2 aliphatic heterocycles. The number of ether oxygens (including phenoxy) is 1. The topological polar surface area (TPSA) is 72.8 Å². The Hall–Kier alpha value is -0.950. The largest absolute Gasteiger partial charge is 0.394 e. The van der Waals surface area contributed by atoms with Gasteiger partial charge in [-0.2, -0.15) is 8.42 Å². The molecule has 6 heteroatoms. The molecule has 19 heavy (non-hydrogen) atoms. The summed E-state index contributed by atoms with van der Waals surface area (Å²) in [7, 11) is -3.79. The van der Waals surface area contributed by atoms with Crippen LogP contribution in [-0.2, 0) is 25.5 Å². The van der Waals surface area contributed by atoms with Crippen LogP contribution in [0.3, 0.4) is 0 Å². The van der Waals surface area contributed by atoms with Crippen LogP contribution in [0.5, 0.6) is 0 Å². The highest BCUT2D eigenvalue weighted by atomic mass is 32.2. The third kappa shape index (κ3) is 3.54. The zero-order valence-corrected chi connectivity index (χ0v) is 11.8. The van der Waals surface area contributed by atoms with E-state index in [-0.39, 0.29) is 18.1 Å². The fourth-order valence-electron chi connectivity index (χ4n) is 2.12. The average Bonchev–Trinajstić information content (AvgIpc) is 2.36. The number of aliphatic hydroxyl groups is 1. The van der Waals surface area contributed by atoms with Crippen LogP contribution < -0.4 is 0 Å². The van der Waals surface area contributed by atoms with Crippen molar-refractivity contribution in [2.45, 2.75) is 36.9 Å². The predicted molar refractivity (Wildman–Crippen MR) is 69.3 cm³/mol. The normalized spacial score (nSPS) is 25.7. The first-order chi connectivity index (χ1) is 8.82. The maximum atomic E-state index is 11.9. The Bertz CT molecular complexity index is 533. The standard InChI is InChI=1S/C13H18O5S/c1-13(2)7-10-3-5-12(6-4-10)19(15,16)17-9-11(8-14)18-13/h3-6,11,14H,7-9H2,1-2H3. The summed E-state index contributed by atoms with van der Waals surface area (Å²) < 4.78 is 34.5. The van der Waals surface area contributed by atoms with Gasteiger partial charge in [-0.05, 0) is 31.5 Å². The van der Waals surface area contributed by atoms with Crippen LogP contribution in [0.2, 0.25) is 0 Å². The van der Waals surface area contributed by atoms with E-state index in [0.717, 1.165) is 5.56 Å². The lowest BCUT2D eigenvalue weighted by Crippen LogP contribution is -2.37. The Balaban J connectivity index is 2.38. The molecule has 0 spiro atoms. The molecule has 1 N–H and O–H groups in total. The molecule has 0 amide bonds. The minimum absolute atomic E-state index is 0.118. The molecule has 0 aliphatic carbocycles. The lowest BCUT2D eigenvalue weighted by Gasteiger charge is -2.29. The van der Waals surface area contributed by atoms with E-state index in [0.29, 0.717) is 6.42 Å². The van der Waals surface area contributed by atoms with Crippen LogP contribution in [0.4, 0.5) is 0 Å². The van der Waals surface area contributed by atoms with E-state index in [9.17, 15) is 13.5 Å². The van der Waals surface area contributed by atoms with Crippen LogP contribution in [0.1, 0.15) is 19.4 Å². The number of hydrogen-bond donors (Lipinski definition) is 1. The number of aliphatic hydroxyl groups excluding tert-OH is 1. The van der Waals surface area contributed by atoms with Gasteiger partial charge in [0.2, 0.25) is 0 Å². The van der Waals surface area contributed by atoms with E-state index in [1.165, 1.54) is 12.1 Å². The lowest BCUT2D eigenvalue weighted by molar-refractivity contribution is -0.103. The van der Waals surface area contributed by atoms with Gasteiger partial charge in [-0.3, -0.25) is 4.18 Å². The molecule has 0 aromatic heterocycles. The van der Waals surface area contributed by atoms with Crippen molar-refractivity contribution in [3.05, 3.63) is 29.8 Å². The molecule has 2 aliphatic rings. The van der Waals surface area contributed by atoms with Crippen LogP contribution in [-0.4, -0.2) is 38.4 Å². The molecule has 1 atom stereocenters. The average molecular weight is 286 g/mol. The van der Waals surface area contributed by atoms with Crippen molar-refractivity contribution < 1.29 is 22.4 Å². The molecule has 2 heterocycles. The fourth-order valence-corrected chi connectivity index (χ4v) is 3.05. The molecule has 0 saturated heterocycles. The van der Waals surface area contributed by atoms with Crippen LogP contribution in [0.15, 0.2) is 29.2 Å². The van der Waals surface area contributed by atoms with Gasteiger partial charge in [0.1, 0.15) is 6.10 Å². The monoisotopic (exact) mass is 286 g/mol. The number of hydrogen-bond acceptors (Lipinski definition) is 5. The van der Waals surface area contributed by atoms with Gasteiger partial charge in [0.25, 0.3) is 10.1 Å². The molecule has 1 aromatic carbocycles. The minimum Gasteiger partial charge on any atom is -0.394 e. The van der Waals surface area contributed by atoms with Crippen molar-refractivity contribution in [2.24, 2.45) is 0 Å². The number of rotatable bonds is 1. The summed E-state index contributed by atoms with van der Waals surface area (Å²) in [5, 5.41) is 9.25. The molecule has 0 fully saturated rings. The maximum Gasteiger partial charge on any atom is 0.297 e. The first-order valence-electron chi connectivity index (χ1n) is 6.09. The van der Waals surface area contributed by atoms with Crippen molar-refractivity contribution in [1.82, 2.24) is 0 Å². The first-order valence-corrected chi connectivity index (χ1v) is 7.50. The Morgan fingerprint density at radius 2 is 1.95 bits per heavy atom.